The molecule has 1 aliphatic heterocycles. The molecular weight excluding hydrogens is 322 g/mol. The molecule has 1 aromatic carbocycles. The van der Waals surface area contributed by atoms with Gasteiger partial charge in [0.2, 0.25) is 0 Å². The van der Waals surface area contributed by atoms with E-state index in [0.29, 0.717) is 6.61 Å². The molecule has 4 rings (SSSR count). The van der Waals surface area contributed by atoms with Gasteiger partial charge < -0.3 is 4.74 Å². The molecule has 1 aliphatic carbocycles. The molecule has 0 N–H and O–H groups in total. The highest BCUT2D eigenvalue weighted by atomic mass is 16.5. The molecule has 4 nitrogen and oxygen atoms in total. The first-order valence-electron chi connectivity index (χ1n) is 9.57. The molecule has 1 aromatic heterocycles. The zero-order valence-corrected chi connectivity index (χ0v) is 15.6. The third-order valence-electron chi connectivity index (χ3n) is 5.74. The van der Waals surface area contributed by atoms with Gasteiger partial charge in [-0.05, 0) is 50.8 Å². The van der Waals surface area contributed by atoms with Crippen LogP contribution in [0.15, 0.2) is 43.1 Å². The smallest absolute Gasteiger partial charge is 0.125 e. The molecule has 4 heteroatoms. The van der Waals surface area contributed by atoms with Gasteiger partial charge in [-0.1, -0.05) is 30.9 Å². The summed E-state index contributed by atoms with van der Waals surface area (Å²) in [5.41, 5.74) is 4.12. The molecule has 1 atom stereocenters. The van der Waals surface area contributed by atoms with Crippen molar-refractivity contribution in [1.82, 2.24) is 14.9 Å². The van der Waals surface area contributed by atoms with Crippen LogP contribution in [0.5, 0.6) is 5.75 Å². The van der Waals surface area contributed by atoms with Crippen LogP contribution in [0.3, 0.4) is 0 Å². The molecule has 26 heavy (non-hydrogen) atoms. The normalized spacial score (nSPS) is 22.3. The molecule has 1 fully saturated rings. The quantitative estimate of drug-likeness (QED) is 0.769. The maximum atomic E-state index is 5.85. The van der Waals surface area contributed by atoms with Gasteiger partial charge >= 0.3 is 0 Å². The molecular formula is C22H27N3O. The predicted octanol–water partition coefficient (Wildman–Crippen LogP) is 3.83. The van der Waals surface area contributed by atoms with E-state index in [4.69, 9.17) is 9.72 Å². The highest BCUT2D eigenvalue weighted by Gasteiger charge is 2.43. The van der Waals surface area contributed by atoms with E-state index in [1.807, 2.05) is 19.2 Å². The van der Waals surface area contributed by atoms with Crippen LogP contribution in [0.4, 0.5) is 0 Å². The Kier molecular flexibility index (Phi) is 4.77. The maximum Gasteiger partial charge on any atom is 0.125 e. The first-order chi connectivity index (χ1) is 12.7. The number of fused-ring (bicyclic) bond motifs is 2. The lowest BCUT2D eigenvalue weighted by molar-refractivity contribution is 0.135. The van der Waals surface area contributed by atoms with Crippen molar-refractivity contribution in [2.24, 2.45) is 0 Å². The number of benzene rings is 1. The Morgan fingerprint density at radius 2 is 2.19 bits per heavy atom. The molecule has 2 aromatic rings. The molecule has 1 unspecified atom stereocenters. The average molecular weight is 349 g/mol. The number of nitrogens with zero attached hydrogens (tertiary/aromatic N) is 3. The first-order valence-corrected chi connectivity index (χ1v) is 9.57. The van der Waals surface area contributed by atoms with Crippen LogP contribution in [0, 0.1) is 6.92 Å². The minimum absolute atomic E-state index is 0.207. The van der Waals surface area contributed by atoms with Gasteiger partial charge in [-0.2, -0.15) is 0 Å². The third kappa shape index (κ3) is 3.26. The molecule has 2 heterocycles. The topological polar surface area (TPSA) is 38.2 Å². The zero-order chi connectivity index (χ0) is 18.0. The van der Waals surface area contributed by atoms with Crippen molar-refractivity contribution in [2.75, 3.05) is 19.7 Å². The summed E-state index contributed by atoms with van der Waals surface area (Å²) in [5, 5.41) is 0. The number of aromatic nitrogens is 2. The summed E-state index contributed by atoms with van der Waals surface area (Å²) >= 11 is 0. The van der Waals surface area contributed by atoms with Crippen LogP contribution < -0.4 is 4.74 Å². The lowest BCUT2D eigenvalue weighted by Crippen LogP contribution is -2.45. The number of rotatable bonds is 5. The average Bonchev–Trinajstić information content (AvgIpc) is 2.98. The van der Waals surface area contributed by atoms with Crippen LogP contribution in [0.1, 0.15) is 41.9 Å². The standard InChI is InChI=1S/C22H27N3O/c1-3-13-26-20-8-5-4-7-19(20)15-25-12-6-10-22(16-25)11-9-18-14-23-17(2)24-21(18)22/h3-5,7-8,14H,1,6,9-13,15-16H2,2H3. The lowest BCUT2D eigenvalue weighted by Gasteiger charge is -2.40. The van der Waals surface area contributed by atoms with Gasteiger partial charge in [-0.15, -0.1) is 0 Å². The SMILES string of the molecule is C=CCOc1ccccc1CN1CCCC2(CCc3cnc(C)nc32)C1. The van der Waals surface area contributed by atoms with Crippen LogP contribution in [-0.2, 0) is 18.4 Å². The van der Waals surface area contributed by atoms with E-state index in [9.17, 15) is 0 Å². The molecule has 0 bridgehead atoms. The third-order valence-corrected chi connectivity index (χ3v) is 5.74. The number of para-hydroxylation sites is 1. The van der Waals surface area contributed by atoms with E-state index in [1.165, 1.54) is 36.1 Å². The Balaban J connectivity index is 1.54. The molecule has 0 amide bonds. The molecule has 0 saturated carbocycles. The minimum atomic E-state index is 0.207. The van der Waals surface area contributed by atoms with E-state index in [0.717, 1.165) is 37.6 Å². The lowest BCUT2D eigenvalue weighted by atomic mass is 9.77. The molecule has 136 valence electrons. The van der Waals surface area contributed by atoms with E-state index < -0.39 is 0 Å². The zero-order valence-electron chi connectivity index (χ0n) is 15.6. The Morgan fingerprint density at radius 1 is 1.31 bits per heavy atom. The van der Waals surface area contributed by atoms with Gasteiger partial charge in [0.1, 0.15) is 18.2 Å². The van der Waals surface area contributed by atoms with E-state index >= 15 is 0 Å². The Bertz CT molecular complexity index is 800. The minimum Gasteiger partial charge on any atom is -0.489 e. The second kappa shape index (κ2) is 7.20. The second-order valence-electron chi connectivity index (χ2n) is 7.59. The van der Waals surface area contributed by atoms with Crippen molar-refractivity contribution >= 4 is 0 Å². The maximum absolute atomic E-state index is 5.85. The van der Waals surface area contributed by atoms with Crippen molar-refractivity contribution in [2.45, 2.75) is 44.6 Å². The van der Waals surface area contributed by atoms with E-state index in [1.54, 1.807) is 6.08 Å². The number of piperidine rings is 1. The molecule has 1 saturated heterocycles. The van der Waals surface area contributed by atoms with Crippen molar-refractivity contribution in [3.05, 3.63) is 65.8 Å². The van der Waals surface area contributed by atoms with E-state index in [-0.39, 0.29) is 5.41 Å². The van der Waals surface area contributed by atoms with Crippen molar-refractivity contribution in [3.8, 4) is 5.75 Å². The summed E-state index contributed by atoms with van der Waals surface area (Å²) in [4.78, 5) is 11.8. The monoisotopic (exact) mass is 349 g/mol. The summed E-state index contributed by atoms with van der Waals surface area (Å²) in [6, 6.07) is 8.36. The van der Waals surface area contributed by atoms with E-state index in [2.05, 4.69) is 34.7 Å². The summed E-state index contributed by atoms with van der Waals surface area (Å²) < 4.78 is 5.85. The first kappa shape index (κ1) is 17.2. The van der Waals surface area contributed by atoms with Crippen molar-refractivity contribution < 1.29 is 4.74 Å². The largest absolute Gasteiger partial charge is 0.489 e. The summed E-state index contributed by atoms with van der Waals surface area (Å²) in [7, 11) is 0. The number of ether oxygens (including phenoxy) is 1. The van der Waals surface area contributed by atoms with Gasteiger partial charge in [0.25, 0.3) is 0 Å². The molecule has 1 spiro atoms. The summed E-state index contributed by atoms with van der Waals surface area (Å²) in [6.45, 7) is 9.43. The number of hydrogen-bond donors (Lipinski definition) is 0. The predicted molar refractivity (Wildman–Crippen MR) is 103 cm³/mol. The van der Waals surface area contributed by atoms with Gasteiger partial charge in [0.15, 0.2) is 0 Å². The van der Waals surface area contributed by atoms with Crippen LogP contribution >= 0.6 is 0 Å². The molecule has 2 aliphatic rings. The van der Waals surface area contributed by atoms with Crippen LogP contribution in [0.25, 0.3) is 0 Å². The van der Waals surface area contributed by atoms with Crippen molar-refractivity contribution in [3.63, 3.8) is 0 Å². The fraction of sp³-hybridized carbons (Fsp3) is 0.455. The Labute approximate surface area is 155 Å². The summed E-state index contributed by atoms with van der Waals surface area (Å²) in [5.74, 6) is 1.86. The van der Waals surface area contributed by atoms with Crippen LogP contribution in [-0.4, -0.2) is 34.6 Å². The van der Waals surface area contributed by atoms with Gasteiger partial charge in [0.05, 0.1) is 5.69 Å². The van der Waals surface area contributed by atoms with Gasteiger partial charge in [0, 0.05) is 30.3 Å². The molecule has 0 radical (unpaired) electrons. The fourth-order valence-corrected chi connectivity index (χ4v) is 4.55. The number of hydrogen-bond acceptors (Lipinski definition) is 4. The van der Waals surface area contributed by atoms with Crippen LogP contribution in [0.2, 0.25) is 0 Å². The fourth-order valence-electron chi connectivity index (χ4n) is 4.55. The van der Waals surface area contributed by atoms with Gasteiger partial charge in [-0.25, -0.2) is 9.97 Å². The number of likely N-dealkylation sites (tertiary alicyclic amines) is 1. The Hall–Kier alpha value is -2.20. The van der Waals surface area contributed by atoms with Crippen molar-refractivity contribution in [1.29, 1.82) is 0 Å². The Morgan fingerprint density at radius 3 is 3.08 bits per heavy atom. The van der Waals surface area contributed by atoms with Gasteiger partial charge in [-0.3, -0.25) is 4.90 Å². The highest BCUT2D eigenvalue weighted by molar-refractivity contribution is 5.35. The number of aryl methyl sites for hydroxylation is 2. The summed E-state index contributed by atoms with van der Waals surface area (Å²) in [6.07, 6.45) is 8.61. The highest BCUT2D eigenvalue weighted by Crippen LogP contribution is 2.44. The second-order valence-corrected chi connectivity index (χ2v) is 7.59.